The molecule has 22 heavy (non-hydrogen) atoms. The molecule has 0 radical (unpaired) electrons. The summed E-state index contributed by atoms with van der Waals surface area (Å²) < 4.78 is 7.41. The predicted molar refractivity (Wildman–Crippen MR) is 82.0 cm³/mol. The number of aryl methyl sites for hydroxylation is 2. The van der Waals surface area contributed by atoms with E-state index in [-0.39, 0.29) is 0 Å². The van der Waals surface area contributed by atoms with Crippen molar-refractivity contribution in [1.29, 1.82) is 0 Å². The molecule has 0 unspecified atom stereocenters. The van der Waals surface area contributed by atoms with E-state index >= 15 is 0 Å². The van der Waals surface area contributed by atoms with Crippen molar-refractivity contribution >= 4 is 10.9 Å². The van der Waals surface area contributed by atoms with E-state index < -0.39 is 0 Å². The van der Waals surface area contributed by atoms with E-state index in [2.05, 4.69) is 33.3 Å². The zero-order valence-electron chi connectivity index (χ0n) is 12.2. The molecule has 0 spiro atoms. The molecule has 0 aliphatic rings. The van der Waals surface area contributed by atoms with Gasteiger partial charge in [-0.05, 0) is 31.2 Å². The minimum atomic E-state index is 0.402. The second kappa shape index (κ2) is 4.77. The Kier molecular flexibility index (Phi) is 2.75. The highest BCUT2D eigenvalue weighted by Gasteiger charge is 2.14. The van der Waals surface area contributed by atoms with Crippen molar-refractivity contribution in [3.63, 3.8) is 0 Å². The van der Waals surface area contributed by atoms with Crippen LogP contribution in [0.3, 0.4) is 0 Å². The minimum Gasteiger partial charge on any atom is -0.413 e. The molecule has 0 aliphatic carbocycles. The summed E-state index contributed by atoms with van der Waals surface area (Å²) in [4.78, 5) is 4.58. The molecule has 1 aromatic carbocycles. The highest BCUT2D eigenvalue weighted by Crippen LogP contribution is 2.24. The van der Waals surface area contributed by atoms with Gasteiger partial charge in [-0.25, -0.2) is 4.98 Å². The number of hydrogen-bond acceptors (Lipinski definition) is 5. The van der Waals surface area contributed by atoms with E-state index in [1.165, 1.54) is 5.56 Å². The average Bonchev–Trinajstić information content (AvgIpc) is 3.15. The lowest BCUT2D eigenvalue weighted by Gasteiger charge is -2.00. The van der Waals surface area contributed by atoms with E-state index in [9.17, 15) is 0 Å². The largest absolute Gasteiger partial charge is 0.413 e. The van der Waals surface area contributed by atoms with Gasteiger partial charge in [0.25, 0.3) is 11.8 Å². The van der Waals surface area contributed by atoms with Gasteiger partial charge in [0.05, 0.1) is 5.52 Å². The molecule has 0 N–H and O–H groups in total. The van der Waals surface area contributed by atoms with Crippen molar-refractivity contribution in [2.75, 3.05) is 0 Å². The standard InChI is InChI=1S/C16H13N5O/c1-10-3-5-12-11(9-10)4-6-13(18-12)15-19-20-16(22-15)14-7-8-17-21(14)2/h3-9H,1-2H3. The maximum atomic E-state index is 5.72. The van der Waals surface area contributed by atoms with Gasteiger partial charge in [-0.2, -0.15) is 5.10 Å². The third kappa shape index (κ3) is 2.05. The fraction of sp³-hybridized carbons (Fsp3) is 0.125. The van der Waals surface area contributed by atoms with Crippen LogP contribution in [-0.2, 0) is 7.05 Å². The predicted octanol–water partition coefficient (Wildman–Crippen LogP) is 2.99. The third-order valence-electron chi connectivity index (χ3n) is 3.53. The molecule has 4 aromatic rings. The van der Waals surface area contributed by atoms with Gasteiger partial charge in [0.2, 0.25) is 0 Å². The smallest absolute Gasteiger partial charge is 0.266 e. The summed E-state index contributed by atoms with van der Waals surface area (Å²) in [6, 6.07) is 11.9. The molecule has 0 bridgehead atoms. The number of benzene rings is 1. The lowest BCUT2D eigenvalue weighted by atomic mass is 10.1. The molecule has 0 saturated heterocycles. The number of hydrogen-bond donors (Lipinski definition) is 0. The van der Waals surface area contributed by atoms with Crippen molar-refractivity contribution in [1.82, 2.24) is 25.0 Å². The van der Waals surface area contributed by atoms with Gasteiger partial charge < -0.3 is 4.42 Å². The first kappa shape index (κ1) is 12.7. The van der Waals surface area contributed by atoms with Gasteiger partial charge in [0, 0.05) is 18.6 Å². The van der Waals surface area contributed by atoms with Crippen molar-refractivity contribution in [3.8, 4) is 23.2 Å². The molecule has 0 atom stereocenters. The highest BCUT2D eigenvalue weighted by molar-refractivity contribution is 5.81. The van der Waals surface area contributed by atoms with Crippen LogP contribution in [0.2, 0.25) is 0 Å². The first-order valence-corrected chi connectivity index (χ1v) is 6.90. The molecule has 4 rings (SSSR count). The Balaban J connectivity index is 1.78. The van der Waals surface area contributed by atoms with E-state index in [4.69, 9.17) is 4.42 Å². The lowest BCUT2D eigenvalue weighted by molar-refractivity contribution is 0.573. The maximum absolute atomic E-state index is 5.72. The number of nitrogens with zero attached hydrogens (tertiary/aromatic N) is 5. The topological polar surface area (TPSA) is 69.6 Å². The van der Waals surface area contributed by atoms with E-state index in [0.717, 1.165) is 16.6 Å². The monoisotopic (exact) mass is 291 g/mol. The summed E-state index contributed by atoms with van der Waals surface area (Å²) in [7, 11) is 1.83. The summed E-state index contributed by atoms with van der Waals surface area (Å²) in [5, 5.41) is 13.4. The minimum absolute atomic E-state index is 0.402. The van der Waals surface area contributed by atoms with Gasteiger partial charge in [-0.3, -0.25) is 4.68 Å². The molecule has 0 amide bonds. The normalized spacial score (nSPS) is 11.2. The molecule has 3 aromatic heterocycles. The summed E-state index contributed by atoms with van der Waals surface area (Å²) >= 11 is 0. The first-order chi connectivity index (χ1) is 10.7. The fourth-order valence-corrected chi connectivity index (χ4v) is 2.38. The van der Waals surface area contributed by atoms with Gasteiger partial charge in [-0.15, -0.1) is 10.2 Å². The molecule has 6 nitrogen and oxygen atoms in total. The number of pyridine rings is 1. The zero-order chi connectivity index (χ0) is 15.1. The first-order valence-electron chi connectivity index (χ1n) is 6.90. The highest BCUT2D eigenvalue weighted by atomic mass is 16.4. The van der Waals surface area contributed by atoms with Gasteiger partial charge >= 0.3 is 0 Å². The molecular weight excluding hydrogens is 278 g/mol. The van der Waals surface area contributed by atoms with Gasteiger partial charge in [0.15, 0.2) is 0 Å². The maximum Gasteiger partial charge on any atom is 0.266 e. The Morgan fingerprint density at radius 3 is 2.68 bits per heavy atom. The van der Waals surface area contributed by atoms with Crippen LogP contribution >= 0.6 is 0 Å². The summed E-state index contributed by atoms with van der Waals surface area (Å²) in [5.74, 6) is 0.833. The van der Waals surface area contributed by atoms with Crippen LogP contribution < -0.4 is 0 Å². The molecule has 6 heteroatoms. The fourth-order valence-electron chi connectivity index (χ4n) is 2.38. The molecular formula is C16H13N5O. The van der Waals surface area contributed by atoms with Crippen molar-refractivity contribution in [3.05, 3.63) is 48.2 Å². The second-order valence-electron chi connectivity index (χ2n) is 5.15. The Morgan fingerprint density at radius 1 is 1.00 bits per heavy atom. The molecule has 0 aliphatic heterocycles. The van der Waals surface area contributed by atoms with Crippen LogP contribution in [0.15, 0.2) is 47.0 Å². The molecule has 108 valence electrons. The molecule has 0 fully saturated rings. The van der Waals surface area contributed by atoms with Crippen LogP contribution in [0.25, 0.3) is 34.1 Å². The summed E-state index contributed by atoms with van der Waals surface area (Å²) in [6.07, 6.45) is 1.69. The van der Waals surface area contributed by atoms with Crippen molar-refractivity contribution < 1.29 is 4.42 Å². The number of aromatic nitrogens is 5. The second-order valence-corrected chi connectivity index (χ2v) is 5.15. The van der Waals surface area contributed by atoms with Crippen LogP contribution in [-0.4, -0.2) is 25.0 Å². The number of fused-ring (bicyclic) bond motifs is 1. The van der Waals surface area contributed by atoms with E-state index in [1.807, 2.05) is 37.4 Å². The Bertz CT molecular complexity index is 970. The van der Waals surface area contributed by atoms with Crippen LogP contribution in [0.5, 0.6) is 0 Å². The third-order valence-corrected chi connectivity index (χ3v) is 3.53. The molecule has 0 saturated carbocycles. The average molecular weight is 291 g/mol. The van der Waals surface area contributed by atoms with Crippen LogP contribution in [0.1, 0.15) is 5.56 Å². The van der Waals surface area contributed by atoms with Crippen molar-refractivity contribution in [2.24, 2.45) is 7.05 Å². The molecule has 3 heterocycles. The van der Waals surface area contributed by atoms with E-state index in [1.54, 1.807) is 10.9 Å². The zero-order valence-corrected chi connectivity index (χ0v) is 12.2. The Morgan fingerprint density at radius 2 is 1.86 bits per heavy atom. The van der Waals surface area contributed by atoms with Gasteiger partial charge in [-0.1, -0.05) is 17.7 Å². The SMILES string of the molecule is Cc1ccc2nc(-c3nnc(-c4ccnn4C)o3)ccc2c1. The Labute approximate surface area is 126 Å². The summed E-state index contributed by atoms with van der Waals surface area (Å²) in [5.41, 5.74) is 3.55. The lowest BCUT2D eigenvalue weighted by Crippen LogP contribution is -1.92. The Hall–Kier alpha value is -3.02. The van der Waals surface area contributed by atoms with Crippen LogP contribution in [0.4, 0.5) is 0 Å². The summed E-state index contributed by atoms with van der Waals surface area (Å²) in [6.45, 7) is 2.06. The van der Waals surface area contributed by atoms with E-state index in [0.29, 0.717) is 17.5 Å². The quantitative estimate of drug-likeness (QED) is 0.568. The van der Waals surface area contributed by atoms with Gasteiger partial charge in [0.1, 0.15) is 11.4 Å². The van der Waals surface area contributed by atoms with Crippen LogP contribution in [0, 0.1) is 6.92 Å². The van der Waals surface area contributed by atoms with Crippen molar-refractivity contribution in [2.45, 2.75) is 6.92 Å². The number of rotatable bonds is 2.